The largest absolute Gasteiger partial charge is 0.372 e. The molecule has 0 radical (unpaired) electrons. The Morgan fingerprint density at radius 3 is 2.61 bits per heavy atom. The van der Waals surface area contributed by atoms with E-state index in [0.29, 0.717) is 4.88 Å². The lowest BCUT2D eigenvalue weighted by molar-refractivity contribution is 0.103. The zero-order chi connectivity index (χ0) is 19.8. The third-order valence-corrected chi connectivity index (χ3v) is 6.65. The van der Waals surface area contributed by atoms with Gasteiger partial charge in [-0.3, -0.25) is 4.79 Å². The number of carbonyl (C=O) groups excluding carboxylic acids is 1. The second kappa shape index (κ2) is 7.51. The number of hydrogen-bond acceptors (Lipinski definition) is 5. The van der Waals surface area contributed by atoms with Gasteiger partial charge in [-0.25, -0.2) is 9.97 Å². The summed E-state index contributed by atoms with van der Waals surface area (Å²) >= 11 is 1.45. The van der Waals surface area contributed by atoms with Crippen molar-refractivity contribution in [1.82, 2.24) is 9.97 Å². The Bertz CT molecular complexity index is 1050. The third-order valence-electron chi connectivity index (χ3n) is 5.47. The molecule has 1 aliphatic rings. The van der Waals surface area contributed by atoms with E-state index in [2.05, 4.69) is 39.2 Å². The number of benzene rings is 1. The number of aryl methyl sites for hydroxylation is 4. The molecule has 5 nitrogen and oxygen atoms in total. The monoisotopic (exact) mass is 394 g/mol. The van der Waals surface area contributed by atoms with Crippen molar-refractivity contribution in [3.63, 3.8) is 0 Å². The molecule has 1 amide bonds. The van der Waals surface area contributed by atoms with E-state index in [-0.39, 0.29) is 5.91 Å². The standard InChI is InChI=1S/C22H26N4OS/c1-5-18-23-15(4)19-14(3)20(28-22(19)25-18)21(27)24-17-9-8-16(12-13(17)2)26-10-6-7-11-26/h8-9,12H,5-7,10-11H2,1-4H3,(H,24,27). The Kier molecular flexibility index (Phi) is 5.06. The molecule has 1 saturated heterocycles. The zero-order valence-electron chi connectivity index (χ0n) is 16.9. The number of rotatable bonds is 4. The summed E-state index contributed by atoms with van der Waals surface area (Å²) in [5.74, 6) is 0.751. The van der Waals surface area contributed by atoms with Crippen LogP contribution in [0.5, 0.6) is 0 Å². The molecule has 1 aromatic carbocycles. The first-order valence-corrected chi connectivity index (χ1v) is 10.7. The van der Waals surface area contributed by atoms with E-state index in [4.69, 9.17) is 0 Å². The quantitative estimate of drug-likeness (QED) is 0.674. The highest BCUT2D eigenvalue weighted by Crippen LogP contribution is 2.32. The zero-order valence-corrected chi connectivity index (χ0v) is 17.7. The van der Waals surface area contributed by atoms with Gasteiger partial charge in [0, 0.05) is 42.0 Å². The Morgan fingerprint density at radius 2 is 1.93 bits per heavy atom. The summed E-state index contributed by atoms with van der Waals surface area (Å²) in [7, 11) is 0. The maximum Gasteiger partial charge on any atom is 0.266 e. The molecule has 0 saturated carbocycles. The highest BCUT2D eigenvalue weighted by molar-refractivity contribution is 7.20. The van der Waals surface area contributed by atoms with Crippen LogP contribution in [0.2, 0.25) is 0 Å². The van der Waals surface area contributed by atoms with Crippen molar-refractivity contribution < 1.29 is 4.79 Å². The van der Waals surface area contributed by atoms with Crippen LogP contribution in [-0.4, -0.2) is 29.0 Å². The number of nitrogens with zero attached hydrogens (tertiary/aromatic N) is 3. The van der Waals surface area contributed by atoms with E-state index >= 15 is 0 Å². The third kappa shape index (κ3) is 3.37. The van der Waals surface area contributed by atoms with E-state index in [0.717, 1.165) is 58.1 Å². The predicted octanol–water partition coefficient (Wildman–Crippen LogP) is 5.03. The molecule has 28 heavy (non-hydrogen) atoms. The van der Waals surface area contributed by atoms with Crippen molar-refractivity contribution in [2.75, 3.05) is 23.3 Å². The van der Waals surface area contributed by atoms with Crippen molar-refractivity contribution in [2.24, 2.45) is 0 Å². The summed E-state index contributed by atoms with van der Waals surface area (Å²) in [6, 6.07) is 6.29. The van der Waals surface area contributed by atoms with Gasteiger partial charge in [0.15, 0.2) is 0 Å². The van der Waals surface area contributed by atoms with E-state index < -0.39 is 0 Å². The Morgan fingerprint density at radius 1 is 1.18 bits per heavy atom. The first-order valence-electron chi connectivity index (χ1n) is 9.91. The Labute approximate surface area is 169 Å². The van der Waals surface area contributed by atoms with Gasteiger partial charge >= 0.3 is 0 Å². The minimum absolute atomic E-state index is 0.0741. The number of thiophene rings is 1. The highest BCUT2D eigenvalue weighted by atomic mass is 32.1. The normalized spacial score (nSPS) is 14.1. The minimum atomic E-state index is -0.0741. The van der Waals surface area contributed by atoms with Crippen LogP contribution < -0.4 is 10.2 Å². The smallest absolute Gasteiger partial charge is 0.266 e. The topological polar surface area (TPSA) is 58.1 Å². The van der Waals surface area contributed by atoms with Gasteiger partial charge < -0.3 is 10.2 Å². The molecule has 4 rings (SSSR count). The van der Waals surface area contributed by atoms with Crippen LogP contribution in [0.1, 0.15) is 52.1 Å². The molecule has 3 heterocycles. The van der Waals surface area contributed by atoms with Crippen molar-refractivity contribution in [3.05, 3.63) is 45.7 Å². The van der Waals surface area contributed by atoms with Gasteiger partial charge in [0.1, 0.15) is 10.7 Å². The summed E-state index contributed by atoms with van der Waals surface area (Å²) < 4.78 is 0. The SMILES string of the molecule is CCc1nc(C)c2c(C)c(C(=O)Nc3ccc(N4CCCC4)cc3C)sc2n1. The van der Waals surface area contributed by atoms with Crippen molar-refractivity contribution in [1.29, 1.82) is 0 Å². The molecule has 1 fully saturated rings. The van der Waals surface area contributed by atoms with Gasteiger partial charge in [0.05, 0.1) is 4.88 Å². The van der Waals surface area contributed by atoms with Crippen LogP contribution in [0.15, 0.2) is 18.2 Å². The number of fused-ring (bicyclic) bond motifs is 1. The second-order valence-corrected chi connectivity index (χ2v) is 8.46. The summed E-state index contributed by atoms with van der Waals surface area (Å²) in [5, 5.41) is 4.11. The highest BCUT2D eigenvalue weighted by Gasteiger charge is 2.20. The van der Waals surface area contributed by atoms with Crippen molar-refractivity contribution >= 4 is 38.8 Å². The molecule has 0 aliphatic carbocycles. The molecule has 146 valence electrons. The maximum absolute atomic E-state index is 13.0. The van der Waals surface area contributed by atoms with E-state index in [9.17, 15) is 4.79 Å². The van der Waals surface area contributed by atoms with Gasteiger partial charge in [-0.05, 0) is 62.9 Å². The molecule has 0 bridgehead atoms. The predicted molar refractivity (Wildman–Crippen MR) is 117 cm³/mol. The maximum atomic E-state index is 13.0. The average molecular weight is 395 g/mol. The molecule has 0 spiro atoms. The van der Waals surface area contributed by atoms with Gasteiger partial charge in [0.2, 0.25) is 0 Å². The first-order chi connectivity index (χ1) is 13.5. The van der Waals surface area contributed by atoms with Crippen LogP contribution in [-0.2, 0) is 6.42 Å². The molecular formula is C22H26N4OS. The number of carbonyl (C=O) groups is 1. The molecular weight excluding hydrogens is 368 g/mol. The number of aromatic nitrogens is 2. The van der Waals surface area contributed by atoms with Crippen molar-refractivity contribution in [3.8, 4) is 0 Å². The lowest BCUT2D eigenvalue weighted by atomic mass is 10.1. The summed E-state index contributed by atoms with van der Waals surface area (Å²) in [6.07, 6.45) is 3.30. The Balaban J connectivity index is 1.61. The van der Waals surface area contributed by atoms with E-state index in [1.54, 1.807) is 0 Å². The van der Waals surface area contributed by atoms with Crippen LogP contribution in [0.4, 0.5) is 11.4 Å². The first kappa shape index (κ1) is 18.9. The second-order valence-electron chi connectivity index (χ2n) is 7.46. The molecule has 6 heteroatoms. The fourth-order valence-corrected chi connectivity index (χ4v) is 5.05. The number of amides is 1. The molecule has 1 N–H and O–H groups in total. The lowest BCUT2D eigenvalue weighted by Gasteiger charge is -2.19. The number of anilines is 2. The molecule has 0 atom stereocenters. The van der Waals surface area contributed by atoms with Gasteiger partial charge in [-0.1, -0.05) is 6.92 Å². The molecule has 0 unspecified atom stereocenters. The molecule has 2 aromatic heterocycles. The van der Waals surface area contributed by atoms with E-state index in [1.807, 2.05) is 26.8 Å². The van der Waals surface area contributed by atoms with Crippen LogP contribution in [0.25, 0.3) is 10.2 Å². The van der Waals surface area contributed by atoms with Crippen LogP contribution >= 0.6 is 11.3 Å². The minimum Gasteiger partial charge on any atom is -0.372 e. The summed E-state index contributed by atoms with van der Waals surface area (Å²) in [4.78, 5) is 26.2. The number of nitrogens with one attached hydrogen (secondary N) is 1. The summed E-state index contributed by atoms with van der Waals surface area (Å²) in [5.41, 5.74) is 5.09. The summed E-state index contributed by atoms with van der Waals surface area (Å²) in [6.45, 7) is 10.3. The lowest BCUT2D eigenvalue weighted by Crippen LogP contribution is -2.18. The van der Waals surface area contributed by atoms with Gasteiger partial charge in [0.25, 0.3) is 5.91 Å². The van der Waals surface area contributed by atoms with Crippen molar-refractivity contribution in [2.45, 2.75) is 47.0 Å². The fraction of sp³-hybridized carbons (Fsp3) is 0.409. The Hall–Kier alpha value is -2.47. The number of hydrogen-bond donors (Lipinski definition) is 1. The average Bonchev–Trinajstić information content (AvgIpc) is 3.31. The van der Waals surface area contributed by atoms with Crippen LogP contribution in [0.3, 0.4) is 0 Å². The fourth-order valence-electron chi connectivity index (χ4n) is 3.91. The van der Waals surface area contributed by atoms with Gasteiger partial charge in [-0.15, -0.1) is 11.3 Å². The van der Waals surface area contributed by atoms with Gasteiger partial charge in [-0.2, -0.15) is 0 Å². The molecule has 3 aromatic rings. The van der Waals surface area contributed by atoms with Crippen LogP contribution in [0, 0.1) is 20.8 Å². The molecule has 1 aliphatic heterocycles. The van der Waals surface area contributed by atoms with E-state index in [1.165, 1.54) is 29.9 Å².